The van der Waals surface area contributed by atoms with Crippen molar-refractivity contribution in [3.63, 3.8) is 0 Å². The maximum absolute atomic E-state index is 10.1. The van der Waals surface area contributed by atoms with Gasteiger partial charge in [-0.3, -0.25) is 0 Å². The van der Waals surface area contributed by atoms with Crippen LogP contribution in [0.1, 0.15) is 37.7 Å². The Hall–Kier alpha value is 0.01000. The summed E-state index contributed by atoms with van der Waals surface area (Å²) in [4.78, 5) is 0. The van der Waals surface area contributed by atoms with Crippen LogP contribution in [0.2, 0.25) is 0 Å². The van der Waals surface area contributed by atoms with Crippen LogP contribution in [-0.2, 0) is 6.42 Å². The second kappa shape index (κ2) is 7.56. The van der Waals surface area contributed by atoms with Crippen molar-refractivity contribution in [3.8, 4) is 0 Å². The first-order valence-corrected chi connectivity index (χ1v) is 8.63. The van der Waals surface area contributed by atoms with Gasteiger partial charge in [0.1, 0.15) is 0 Å². The highest BCUT2D eigenvalue weighted by molar-refractivity contribution is 9.10. The van der Waals surface area contributed by atoms with E-state index in [9.17, 15) is 5.11 Å². The fourth-order valence-corrected chi connectivity index (χ4v) is 4.18. The zero-order chi connectivity index (χ0) is 12.8. The number of benzene rings is 1. The van der Waals surface area contributed by atoms with Crippen molar-refractivity contribution < 1.29 is 5.11 Å². The van der Waals surface area contributed by atoms with Gasteiger partial charge in [0.15, 0.2) is 0 Å². The number of rotatable bonds is 5. The predicted octanol–water partition coefficient (Wildman–Crippen LogP) is 4.42. The Bertz CT molecular complexity index is 363. The van der Waals surface area contributed by atoms with Crippen molar-refractivity contribution >= 4 is 27.7 Å². The Kier molecular flexibility index (Phi) is 6.06. The molecule has 0 amide bonds. The van der Waals surface area contributed by atoms with Crippen molar-refractivity contribution in [1.82, 2.24) is 0 Å². The molecule has 18 heavy (non-hydrogen) atoms. The summed E-state index contributed by atoms with van der Waals surface area (Å²) in [7, 11) is 0. The van der Waals surface area contributed by atoms with Gasteiger partial charge in [0, 0.05) is 21.9 Å². The zero-order valence-electron chi connectivity index (χ0n) is 10.6. The van der Waals surface area contributed by atoms with Gasteiger partial charge in [0.05, 0.1) is 6.10 Å². The summed E-state index contributed by atoms with van der Waals surface area (Å²) in [6.45, 7) is 0. The average molecular weight is 329 g/mol. The van der Waals surface area contributed by atoms with E-state index in [-0.39, 0.29) is 6.10 Å². The number of aliphatic hydroxyl groups excluding tert-OH is 1. The highest BCUT2D eigenvalue weighted by Crippen LogP contribution is 2.29. The summed E-state index contributed by atoms with van der Waals surface area (Å²) in [5.74, 6) is 0.867. The predicted molar refractivity (Wildman–Crippen MR) is 83.2 cm³/mol. The van der Waals surface area contributed by atoms with E-state index >= 15 is 0 Å². The van der Waals surface area contributed by atoms with Gasteiger partial charge in [-0.05, 0) is 24.5 Å². The summed E-state index contributed by atoms with van der Waals surface area (Å²) in [5.41, 5.74) is 1.20. The van der Waals surface area contributed by atoms with Crippen LogP contribution >= 0.6 is 27.7 Å². The quantitative estimate of drug-likeness (QED) is 0.863. The number of aliphatic hydroxyl groups is 1. The maximum atomic E-state index is 10.1. The molecule has 1 aliphatic rings. The maximum Gasteiger partial charge on any atom is 0.0671 e. The summed E-state index contributed by atoms with van der Waals surface area (Å²) >= 11 is 5.50. The lowest BCUT2D eigenvalue weighted by atomic mass is 10.0. The Balaban J connectivity index is 1.74. The molecule has 0 saturated heterocycles. The average Bonchev–Trinajstić information content (AvgIpc) is 2.40. The van der Waals surface area contributed by atoms with Gasteiger partial charge in [-0.1, -0.05) is 53.4 Å². The Morgan fingerprint density at radius 3 is 2.67 bits per heavy atom. The molecular formula is C15H21BrOS. The van der Waals surface area contributed by atoms with Crippen LogP contribution in [0.15, 0.2) is 28.7 Å². The molecule has 3 heteroatoms. The minimum Gasteiger partial charge on any atom is -0.392 e. The Morgan fingerprint density at radius 2 is 1.94 bits per heavy atom. The molecule has 1 aliphatic carbocycles. The lowest BCUT2D eigenvalue weighted by Gasteiger charge is -2.22. The van der Waals surface area contributed by atoms with Gasteiger partial charge < -0.3 is 5.11 Å². The molecule has 0 aliphatic heterocycles. The van der Waals surface area contributed by atoms with E-state index in [1.165, 1.54) is 37.7 Å². The van der Waals surface area contributed by atoms with Crippen molar-refractivity contribution in [2.45, 2.75) is 49.9 Å². The standard InChI is InChI=1S/C15H21BrOS/c16-15-9-5-4-6-12(15)10-13(17)11-18-14-7-2-1-3-8-14/h4-6,9,13-14,17H,1-3,7-8,10-11H2. The second-order valence-electron chi connectivity index (χ2n) is 5.04. The van der Waals surface area contributed by atoms with Crippen LogP contribution in [-0.4, -0.2) is 22.2 Å². The molecule has 1 saturated carbocycles. The fourth-order valence-electron chi connectivity index (χ4n) is 2.46. The first-order valence-electron chi connectivity index (χ1n) is 6.79. The van der Waals surface area contributed by atoms with Crippen LogP contribution in [0.25, 0.3) is 0 Å². The van der Waals surface area contributed by atoms with Gasteiger partial charge in [-0.25, -0.2) is 0 Å². The van der Waals surface area contributed by atoms with Crippen LogP contribution in [0.5, 0.6) is 0 Å². The summed E-state index contributed by atoms with van der Waals surface area (Å²) in [5, 5.41) is 10.9. The number of thioether (sulfide) groups is 1. The first-order chi connectivity index (χ1) is 8.75. The molecule has 0 radical (unpaired) electrons. The van der Waals surface area contributed by atoms with Crippen LogP contribution in [0.4, 0.5) is 0 Å². The summed E-state index contributed by atoms with van der Waals surface area (Å²) in [6.07, 6.45) is 7.35. The SMILES string of the molecule is OC(CSC1CCCCC1)Cc1ccccc1Br. The molecule has 1 nitrogen and oxygen atoms in total. The molecule has 2 rings (SSSR count). The summed E-state index contributed by atoms with van der Waals surface area (Å²) < 4.78 is 1.10. The topological polar surface area (TPSA) is 20.2 Å². The van der Waals surface area contributed by atoms with Crippen molar-refractivity contribution in [2.24, 2.45) is 0 Å². The van der Waals surface area contributed by atoms with Crippen LogP contribution < -0.4 is 0 Å². The van der Waals surface area contributed by atoms with Crippen molar-refractivity contribution in [3.05, 3.63) is 34.3 Å². The molecule has 0 bridgehead atoms. The Morgan fingerprint density at radius 1 is 1.22 bits per heavy atom. The molecule has 1 aromatic carbocycles. The third-order valence-corrected chi connectivity index (χ3v) is 5.78. The molecule has 1 aromatic rings. The van der Waals surface area contributed by atoms with Gasteiger partial charge in [-0.15, -0.1) is 0 Å². The molecule has 1 fully saturated rings. The number of hydrogen-bond acceptors (Lipinski definition) is 2. The van der Waals surface area contributed by atoms with E-state index < -0.39 is 0 Å². The highest BCUT2D eigenvalue weighted by atomic mass is 79.9. The smallest absolute Gasteiger partial charge is 0.0671 e. The largest absolute Gasteiger partial charge is 0.392 e. The highest BCUT2D eigenvalue weighted by Gasteiger charge is 2.16. The molecule has 0 heterocycles. The summed E-state index contributed by atoms with van der Waals surface area (Å²) in [6, 6.07) is 8.16. The lowest BCUT2D eigenvalue weighted by molar-refractivity contribution is 0.199. The normalized spacial score (nSPS) is 18.8. The minimum absolute atomic E-state index is 0.226. The van der Waals surface area contributed by atoms with E-state index in [2.05, 4.69) is 22.0 Å². The fraction of sp³-hybridized carbons (Fsp3) is 0.600. The van der Waals surface area contributed by atoms with E-state index in [1.807, 2.05) is 30.0 Å². The Labute approximate surface area is 122 Å². The van der Waals surface area contributed by atoms with Crippen LogP contribution in [0, 0.1) is 0 Å². The van der Waals surface area contributed by atoms with E-state index in [1.54, 1.807) is 0 Å². The van der Waals surface area contributed by atoms with Gasteiger partial charge in [0.25, 0.3) is 0 Å². The van der Waals surface area contributed by atoms with E-state index in [0.717, 1.165) is 21.9 Å². The number of hydrogen-bond donors (Lipinski definition) is 1. The molecule has 100 valence electrons. The lowest BCUT2D eigenvalue weighted by Crippen LogP contribution is -2.18. The second-order valence-corrected chi connectivity index (χ2v) is 7.23. The van der Waals surface area contributed by atoms with Crippen LogP contribution in [0.3, 0.4) is 0 Å². The van der Waals surface area contributed by atoms with Gasteiger partial charge in [-0.2, -0.15) is 11.8 Å². The molecule has 0 aromatic heterocycles. The minimum atomic E-state index is -0.226. The third-order valence-electron chi connectivity index (χ3n) is 3.49. The zero-order valence-corrected chi connectivity index (χ0v) is 13.0. The monoisotopic (exact) mass is 328 g/mol. The van der Waals surface area contributed by atoms with E-state index in [0.29, 0.717) is 0 Å². The first kappa shape index (κ1) is 14.4. The van der Waals surface area contributed by atoms with Gasteiger partial charge >= 0.3 is 0 Å². The molecule has 0 spiro atoms. The third kappa shape index (κ3) is 4.60. The molecule has 1 atom stereocenters. The molecule has 1 N–H and O–H groups in total. The molecular weight excluding hydrogens is 308 g/mol. The van der Waals surface area contributed by atoms with Gasteiger partial charge in [0.2, 0.25) is 0 Å². The van der Waals surface area contributed by atoms with Crippen molar-refractivity contribution in [2.75, 3.05) is 5.75 Å². The van der Waals surface area contributed by atoms with E-state index in [4.69, 9.17) is 0 Å². The molecule has 1 unspecified atom stereocenters. The number of halogens is 1. The van der Waals surface area contributed by atoms with Crippen molar-refractivity contribution in [1.29, 1.82) is 0 Å².